The Bertz CT molecular complexity index is 1630. The second kappa shape index (κ2) is 12.0. The van der Waals surface area contributed by atoms with Crippen LogP contribution in [0.5, 0.6) is 5.75 Å². The molecule has 1 aliphatic carbocycles. The van der Waals surface area contributed by atoms with Crippen molar-refractivity contribution in [2.45, 2.75) is 45.1 Å². The number of hydrogen-bond donors (Lipinski definition) is 1. The quantitative estimate of drug-likeness (QED) is 0.0968. The van der Waals surface area contributed by atoms with Crippen molar-refractivity contribution in [3.8, 4) is 5.75 Å². The maximum atomic E-state index is 13.9. The predicted octanol–water partition coefficient (Wildman–Crippen LogP) is 6.94. The monoisotopic (exact) mass is 578 g/mol. The third-order valence-electron chi connectivity index (χ3n) is 8.89. The van der Waals surface area contributed by atoms with Crippen LogP contribution in [-0.4, -0.2) is 34.6 Å². The normalized spacial score (nSPS) is 23.5. The standard InChI is InChI=1S/C35H34N2O6/c1-2-8-25-19-29-33(35(40)36(34(29)39)26-12-7-13-27(20-26)37(41)42)30-21-43-31(32(25)30)16-15-24(23-10-4-3-5-11-23)17-22-9-6-14-28(38)18-22/h3-7,9-14,17-18,20,29-31,33,38H,2,8,15-16,19,21H2,1H3/b24-17-/t29-,30+,31-,33-/m1/s1. The summed E-state index contributed by atoms with van der Waals surface area (Å²) in [5.74, 6) is -1.60. The number of amides is 2. The zero-order valence-corrected chi connectivity index (χ0v) is 24.0. The summed E-state index contributed by atoms with van der Waals surface area (Å²) in [5, 5.41) is 21.4. The average molecular weight is 579 g/mol. The molecule has 0 saturated carbocycles. The van der Waals surface area contributed by atoms with Crippen LogP contribution in [-0.2, 0) is 14.3 Å². The first-order chi connectivity index (χ1) is 20.9. The summed E-state index contributed by atoms with van der Waals surface area (Å²) in [7, 11) is 0. The van der Waals surface area contributed by atoms with Crippen molar-refractivity contribution in [3.05, 3.63) is 111 Å². The highest BCUT2D eigenvalue weighted by Gasteiger charge is 2.57. The largest absolute Gasteiger partial charge is 0.508 e. The number of ether oxygens (including phenoxy) is 1. The van der Waals surface area contributed by atoms with E-state index in [0.29, 0.717) is 19.4 Å². The number of nitrogens with zero attached hydrogens (tertiary/aromatic N) is 2. The second-order valence-electron chi connectivity index (χ2n) is 11.5. The van der Waals surface area contributed by atoms with Gasteiger partial charge < -0.3 is 9.84 Å². The van der Waals surface area contributed by atoms with Crippen LogP contribution in [0.4, 0.5) is 11.4 Å². The van der Waals surface area contributed by atoms with Gasteiger partial charge in [0.1, 0.15) is 5.75 Å². The number of non-ortho nitro benzene ring substituents is 1. The molecule has 2 saturated heterocycles. The van der Waals surface area contributed by atoms with E-state index in [9.17, 15) is 24.8 Å². The van der Waals surface area contributed by atoms with Crippen LogP contribution in [0.15, 0.2) is 90.0 Å². The maximum Gasteiger partial charge on any atom is 0.271 e. The Labute approximate surface area is 250 Å². The minimum atomic E-state index is -0.538. The molecule has 8 nitrogen and oxygen atoms in total. The number of aromatic hydroxyl groups is 1. The number of phenolic OH excluding ortho intramolecular Hbond substituents is 1. The lowest BCUT2D eigenvalue weighted by molar-refractivity contribution is -0.384. The smallest absolute Gasteiger partial charge is 0.271 e. The first kappa shape index (κ1) is 28.6. The lowest BCUT2D eigenvalue weighted by atomic mass is 9.68. The van der Waals surface area contributed by atoms with Crippen molar-refractivity contribution in [1.29, 1.82) is 0 Å². The molecule has 220 valence electrons. The van der Waals surface area contributed by atoms with Gasteiger partial charge in [-0.1, -0.05) is 73.5 Å². The van der Waals surface area contributed by atoms with Crippen LogP contribution in [0.1, 0.15) is 50.2 Å². The number of fused-ring (bicyclic) bond motifs is 3. The number of imide groups is 1. The summed E-state index contributed by atoms with van der Waals surface area (Å²) in [6, 6.07) is 23.1. The zero-order valence-electron chi connectivity index (χ0n) is 24.0. The molecule has 2 fully saturated rings. The van der Waals surface area contributed by atoms with Gasteiger partial charge in [0.2, 0.25) is 11.8 Å². The Balaban J connectivity index is 1.28. The Kier molecular flexibility index (Phi) is 7.95. The van der Waals surface area contributed by atoms with Crippen molar-refractivity contribution >= 4 is 34.8 Å². The molecule has 0 bridgehead atoms. The van der Waals surface area contributed by atoms with E-state index in [0.717, 1.165) is 46.4 Å². The van der Waals surface area contributed by atoms with Gasteiger partial charge in [-0.3, -0.25) is 19.7 Å². The van der Waals surface area contributed by atoms with Crippen LogP contribution < -0.4 is 4.90 Å². The van der Waals surface area contributed by atoms with Crippen molar-refractivity contribution in [1.82, 2.24) is 0 Å². The Morgan fingerprint density at radius 2 is 1.81 bits per heavy atom. The average Bonchev–Trinajstić information content (AvgIpc) is 3.54. The van der Waals surface area contributed by atoms with Crippen molar-refractivity contribution < 1.29 is 24.4 Å². The van der Waals surface area contributed by atoms with Gasteiger partial charge in [-0.2, -0.15) is 0 Å². The minimum absolute atomic E-state index is 0.157. The van der Waals surface area contributed by atoms with E-state index in [2.05, 4.69) is 25.1 Å². The van der Waals surface area contributed by atoms with E-state index in [1.807, 2.05) is 30.3 Å². The number of rotatable bonds is 9. The molecular weight excluding hydrogens is 544 g/mol. The maximum absolute atomic E-state index is 13.9. The molecule has 2 aliphatic heterocycles. The Morgan fingerprint density at radius 3 is 2.56 bits per heavy atom. The molecular formula is C35H34N2O6. The molecule has 4 atom stereocenters. The molecule has 2 heterocycles. The molecule has 0 aromatic heterocycles. The Morgan fingerprint density at radius 1 is 1.02 bits per heavy atom. The third kappa shape index (κ3) is 5.50. The van der Waals surface area contributed by atoms with Gasteiger partial charge in [0.05, 0.1) is 35.2 Å². The number of allylic oxidation sites excluding steroid dienone is 2. The van der Waals surface area contributed by atoms with Gasteiger partial charge in [-0.15, -0.1) is 0 Å². The number of nitro benzene ring substituents is 1. The molecule has 8 heteroatoms. The van der Waals surface area contributed by atoms with Crippen LogP contribution in [0.2, 0.25) is 0 Å². The van der Waals surface area contributed by atoms with Crippen LogP contribution in [0, 0.1) is 27.9 Å². The fraction of sp³-hybridized carbons (Fsp3) is 0.314. The summed E-state index contributed by atoms with van der Waals surface area (Å²) in [6.07, 6.45) is 5.61. The highest BCUT2D eigenvalue weighted by molar-refractivity contribution is 6.22. The third-order valence-corrected chi connectivity index (χ3v) is 8.89. The predicted molar refractivity (Wildman–Crippen MR) is 164 cm³/mol. The van der Waals surface area contributed by atoms with Crippen LogP contribution >= 0.6 is 0 Å². The number of nitro groups is 1. The van der Waals surface area contributed by atoms with E-state index in [1.54, 1.807) is 18.2 Å². The minimum Gasteiger partial charge on any atom is -0.508 e. The van der Waals surface area contributed by atoms with E-state index in [4.69, 9.17) is 4.74 Å². The number of carbonyl (C=O) groups excluding carboxylic acids is 2. The van der Waals surface area contributed by atoms with Gasteiger partial charge in [-0.05, 0) is 66.2 Å². The first-order valence-electron chi connectivity index (χ1n) is 14.9. The molecule has 6 rings (SSSR count). The van der Waals surface area contributed by atoms with Crippen molar-refractivity contribution in [3.63, 3.8) is 0 Å². The highest BCUT2D eigenvalue weighted by atomic mass is 16.6. The number of anilines is 1. The second-order valence-corrected chi connectivity index (χ2v) is 11.5. The van der Waals surface area contributed by atoms with Gasteiger partial charge in [0, 0.05) is 18.1 Å². The summed E-state index contributed by atoms with van der Waals surface area (Å²) in [5.41, 5.74) is 5.58. The molecule has 3 aromatic carbocycles. The topological polar surface area (TPSA) is 110 Å². The Hall–Kier alpha value is -4.56. The summed E-state index contributed by atoms with van der Waals surface area (Å²) < 4.78 is 6.42. The van der Waals surface area contributed by atoms with E-state index in [1.165, 1.54) is 23.8 Å². The van der Waals surface area contributed by atoms with E-state index < -0.39 is 16.8 Å². The molecule has 3 aromatic rings. The van der Waals surface area contributed by atoms with Gasteiger partial charge >= 0.3 is 0 Å². The summed E-state index contributed by atoms with van der Waals surface area (Å²) in [6.45, 7) is 2.48. The summed E-state index contributed by atoms with van der Waals surface area (Å²) >= 11 is 0. The summed E-state index contributed by atoms with van der Waals surface area (Å²) in [4.78, 5) is 39.5. The number of hydrogen-bond acceptors (Lipinski definition) is 6. The lowest BCUT2D eigenvalue weighted by Crippen LogP contribution is -2.34. The molecule has 0 spiro atoms. The van der Waals surface area contributed by atoms with E-state index >= 15 is 0 Å². The molecule has 43 heavy (non-hydrogen) atoms. The van der Waals surface area contributed by atoms with Crippen molar-refractivity contribution in [2.75, 3.05) is 11.5 Å². The van der Waals surface area contributed by atoms with Crippen LogP contribution in [0.3, 0.4) is 0 Å². The fourth-order valence-corrected chi connectivity index (χ4v) is 7.07. The van der Waals surface area contributed by atoms with Crippen molar-refractivity contribution in [2.24, 2.45) is 17.8 Å². The lowest BCUT2D eigenvalue weighted by Gasteiger charge is -2.32. The zero-order chi connectivity index (χ0) is 30.1. The fourth-order valence-electron chi connectivity index (χ4n) is 7.07. The van der Waals surface area contributed by atoms with Crippen LogP contribution in [0.25, 0.3) is 11.6 Å². The first-order valence-corrected chi connectivity index (χ1v) is 14.9. The molecule has 1 N–H and O–H groups in total. The van der Waals surface area contributed by atoms with E-state index in [-0.39, 0.29) is 41.0 Å². The van der Waals surface area contributed by atoms with Gasteiger partial charge in [0.15, 0.2) is 0 Å². The number of phenols is 1. The molecule has 3 aliphatic rings. The number of benzene rings is 3. The molecule has 0 unspecified atom stereocenters. The highest BCUT2D eigenvalue weighted by Crippen LogP contribution is 2.51. The molecule has 2 amide bonds. The molecule has 0 radical (unpaired) electrons. The number of carbonyl (C=O) groups is 2. The van der Waals surface area contributed by atoms with Gasteiger partial charge in [-0.25, -0.2) is 4.90 Å². The van der Waals surface area contributed by atoms with Gasteiger partial charge in [0.25, 0.3) is 5.69 Å². The SMILES string of the molecule is CCCC1=C2[C@@H](CC/C(=C/c3cccc(O)c3)c3ccccc3)OC[C@@H]2[C@@H]2C(=O)N(c3cccc([N+](=O)[O-])c3)C(=O)[C@@H]2C1.